The first-order valence-electron chi connectivity index (χ1n) is 11.2. The van der Waals surface area contributed by atoms with Gasteiger partial charge in [-0.05, 0) is 82.7 Å². The summed E-state index contributed by atoms with van der Waals surface area (Å²) in [6, 6.07) is 6.46. The van der Waals surface area contributed by atoms with Gasteiger partial charge in [0.05, 0.1) is 17.7 Å². The molecule has 1 saturated carbocycles. The molecule has 31 heavy (non-hydrogen) atoms. The Labute approximate surface area is 184 Å². The van der Waals surface area contributed by atoms with E-state index in [9.17, 15) is 9.18 Å². The molecule has 0 bridgehead atoms. The van der Waals surface area contributed by atoms with Crippen molar-refractivity contribution in [3.63, 3.8) is 0 Å². The lowest BCUT2D eigenvalue weighted by atomic mass is 9.62. The van der Waals surface area contributed by atoms with Crippen molar-refractivity contribution in [2.75, 3.05) is 6.54 Å². The molecule has 166 valence electrons. The second-order valence-electron chi connectivity index (χ2n) is 10.2. The van der Waals surface area contributed by atoms with Crippen molar-refractivity contribution in [1.29, 1.82) is 0 Å². The molecule has 1 aliphatic heterocycles. The van der Waals surface area contributed by atoms with Crippen LogP contribution >= 0.6 is 0 Å². The largest absolute Gasteiger partial charge is 0.338 e. The van der Waals surface area contributed by atoms with Gasteiger partial charge in [-0.2, -0.15) is 0 Å². The fourth-order valence-electron chi connectivity index (χ4n) is 5.10. The van der Waals surface area contributed by atoms with E-state index in [-0.39, 0.29) is 22.8 Å². The van der Waals surface area contributed by atoms with Gasteiger partial charge in [0.1, 0.15) is 5.82 Å². The number of carbonyl (C=O) groups excluding carboxylic acids is 1. The van der Waals surface area contributed by atoms with Crippen molar-refractivity contribution in [2.24, 2.45) is 11.3 Å². The molecule has 1 aromatic heterocycles. The number of allylic oxidation sites excluding steroid dienone is 1. The first-order valence-corrected chi connectivity index (χ1v) is 11.2. The SMILES string of the molecule is CC(C)(C)NC(=O)NCC[C@H]1CCCC2=Cc3c(-c4ccc(F)cc4)ncn3C[C@@]21C. The van der Waals surface area contributed by atoms with Crippen LogP contribution < -0.4 is 10.6 Å². The summed E-state index contributed by atoms with van der Waals surface area (Å²) in [6.07, 6.45) is 8.61. The Morgan fingerprint density at radius 2 is 2.03 bits per heavy atom. The third kappa shape index (κ3) is 4.53. The summed E-state index contributed by atoms with van der Waals surface area (Å²) in [5.74, 6) is 0.273. The molecule has 2 atom stereocenters. The van der Waals surface area contributed by atoms with Crippen LogP contribution in [0.5, 0.6) is 0 Å². The fourth-order valence-corrected chi connectivity index (χ4v) is 5.10. The Hall–Kier alpha value is -2.63. The van der Waals surface area contributed by atoms with E-state index < -0.39 is 0 Å². The number of rotatable bonds is 4. The van der Waals surface area contributed by atoms with E-state index in [2.05, 4.69) is 33.2 Å². The highest BCUT2D eigenvalue weighted by Crippen LogP contribution is 2.51. The van der Waals surface area contributed by atoms with Gasteiger partial charge in [0, 0.05) is 29.6 Å². The predicted molar refractivity (Wildman–Crippen MR) is 122 cm³/mol. The Bertz CT molecular complexity index is 986. The molecule has 1 fully saturated rings. The zero-order valence-corrected chi connectivity index (χ0v) is 19.0. The molecular formula is C25H33FN4O. The predicted octanol–water partition coefficient (Wildman–Crippen LogP) is 5.38. The molecule has 4 rings (SSSR count). The summed E-state index contributed by atoms with van der Waals surface area (Å²) in [4.78, 5) is 16.8. The van der Waals surface area contributed by atoms with Crippen LogP contribution in [0, 0.1) is 17.2 Å². The van der Waals surface area contributed by atoms with E-state index in [0.717, 1.165) is 36.3 Å². The highest BCUT2D eigenvalue weighted by Gasteiger charge is 2.42. The fraction of sp³-hybridized carbons (Fsp3) is 0.520. The number of urea groups is 1. The third-order valence-corrected chi connectivity index (χ3v) is 6.71. The maximum Gasteiger partial charge on any atom is 0.315 e. The van der Waals surface area contributed by atoms with Crippen LogP contribution in [0.25, 0.3) is 17.3 Å². The van der Waals surface area contributed by atoms with Crippen LogP contribution in [0.15, 0.2) is 36.2 Å². The molecule has 1 aliphatic carbocycles. The number of hydrogen-bond acceptors (Lipinski definition) is 2. The van der Waals surface area contributed by atoms with E-state index in [1.807, 2.05) is 27.1 Å². The molecule has 2 heterocycles. The summed E-state index contributed by atoms with van der Waals surface area (Å²) in [5, 5.41) is 5.99. The monoisotopic (exact) mass is 424 g/mol. The summed E-state index contributed by atoms with van der Waals surface area (Å²) >= 11 is 0. The number of imidazole rings is 1. The molecule has 0 unspecified atom stereocenters. The first kappa shape index (κ1) is 21.6. The zero-order valence-electron chi connectivity index (χ0n) is 19.0. The summed E-state index contributed by atoms with van der Waals surface area (Å²) in [5.41, 5.74) is 4.27. The number of hydrogen-bond donors (Lipinski definition) is 2. The average molecular weight is 425 g/mol. The van der Waals surface area contributed by atoms with Gasteiger partial charge in [0.2, 0.25) is 0 Å². The molecule has 0 radical (unpaired) electrons. The third-order valence-electron chi connectivity index (χ3n) is 6.71. The van der Waals surface area contributed by atoms with Crippen LogP contribution in [0.3, 0.4) is 0 Å². The molecule has 0 spiro atoms. The molecule has 2 amide bonds. The molecule has 1 aromatic carbocycles. The second kappa shape index (κ2) is 8.13. The van der Waals surface area contributed by atoms with Crippen LogP contribution in [0.2, 0.25) is 0 Å². The van der Waals surface area contributed by atoms with E-state index in [1.54, 1.807) is 12.1 Å². The molecule has 2 N–H and O–H groups in total. The molecule has 2 aromatic rings. The number of halogens is 1. The number of aromatic nitrogens is 2. The summed E-state index contributed by atoms with van der Waals surface area (Å²) in [7, 11) is 0. The van der Waals surface area contributed by atoms with Gasteiger partial charge in [-0.1, -0.05) is 12.5 Å². The lowest BCUT2D eigenvalue weighted by Crippen LogP contribution is -2.47. The van der Waals surface area contributed by atoms with Crippen LogP contribution in [0.4, 0.5) is 9.18 Å². The van der Waals surface area contributed by atoms with Gasteiger partial charge in [-0.25, -0.2) is 14.2 Å². The Morgan fingerprint density at radius 3 is 2.74 bits per heavy atom. The quantitative estimate of drug-likeness (QED) is 0.692. The Balaban J connectivity index is 1.49. The average Bonchev–Trinajstić information content (AvgIpc) is 3.08. The number of nitrogens with one attached hydrogen (secondary N) is 2. The van der Waals surface area contributed by atoms with Gasteiger partial charge in [-0.3, -0.25) is 0 Å². The highest BCUT2D eigenvalue weighted by molar-refractivity contribution is 5.74. The molecular weight excluding hydrogens is 391 g/mol. The lowest BCUT2D eigenvalue weighted by molar-refractivity contribution is 0.143. The number of benzene rings is 1. The number of amides is 2. The van der Waals surface area contributed by atoms with Crippen LogP contribution in [0.1, 0.15) is 59.1 Å². The smallest absolute Gasteiger partial charge is 0.315 e. The van der Waals surface area contributed by atoms with Gasteiger partial charge in [0.15, 0.2) is 0 Å². The van der Waals surface area contributed by atoms with Crippen molar-refractivity contribution < 1.29 is 9.18 Å². The highest BCUT2D eigenvalue weighted by atomic mass is 19.1. The van der Waals surface area contributed by atoms with Crippen LogP contribution in [-0.4, -0.2) is 27.7 Å². The van der Waals surface area contributed by atoms with Gasteiger partial charge in [0.25, 0.3) is 0 Å². The van der Waals surface area contributed by atoms with Crippen molar-refractivity contribution >= 4 is 12.1 Å². The first-order chi connectivity index (χ1) is 14.7. The molecule has 0 saturated heterocycles. The molecule has 2 aliphatic rings. The van der Waals surface area contributed by atoms with Crippen molar-refractivity contribution in [2.45, 2.75) is 65.5 Å². The lowest BCUT2D eigenvalue weighted by Gasteiger charge is -2.46. The molecule has 5 nitrogen and oxygen atoms in total. The van der Waals surface area contributed by atoms with Gasteiger partial charge in [-0.15, -0.1) is 0 Å². The van der Waals surface area contributed by atoms with E-state index in [0.29, 0.717) is 12.5 Å². The van der Waals surface area contributed by atoms with Crippen molar-refractivity contribution in [3.05, 3.63) is 47.7 Å². The summed E-state index contributed by atoms with van der Waals surface area (Å²) in [6.45, 7) is 9.87. The van der Waals surface area contributed by atoms with Crippen molar-refractivity contribution in [1.82, 2.24) is 20.2 Å². The minimum Gasteiger partial charge on any atom is -0.338 e. The minimum absolute atomic E-state index is 0.0637. The van der Waals surface area contributed by atoms with Crippen LogP contribution in [-0.2, 0) is 6.54 Å². The number of carbonyl (C=O) groups is 1. The normalized spacial score (nSPS) is 22.9. The van der Waals surface area contributed by atoms with E-state index >= 15 is 0 Å². The standard InChI is InChI=1S/C25H33FN4O/c1-24(2,3)29-23(31)27-13-12-18-6-5-7-19-14-21-22(17-8-10-20(26)11-9-17)28-16-30(21)15-25(18,19)4/h8-11,14,16,18H,5-7,12-13,15H2,1-4H3,(H2,27,29,31)/t18-,25-/m1/s1. The topological polar surface area (TPSA) is 59.0 Å². The van der Waals surface area contributed by atoms with Crippen molar-refractivity contribution in [3.8, 4) is 11.3 Å². The maximum atomic E-state index is 13.3. The minimum atomic E-state index is -0.236. The maximum absolute atomic E-state index is 13.3. The Kier molecular flexibility index (Phi) is 5.67. The van der Waals surface area contributed by atoms with E-state index in [1.165, 1.54) is 30.5 Å². The second-order valence-corrected chi connectivity index (χ2v) is 10.2. The zero-order chi connectivity index (χ0) is 22.2. The van der Waals surface area contributed by atoms with Gasteiger partial charge < -0.3 is 15.2 Å². The number of fused-ring (bicyclic) bond motifs is 2. The van der Waals surface area contributed by atoms with E-state index in [4.69, 9.17) is 0 Å². The summed E-state index contributed by atoms with van der Waals surface area (Å²) < 4.78 is 15.6. The van der Waals surface area contributed by atoms with Gasteiger partial charge >= 0.3 is 6.03 Å². The molecule has 6 heteroatoms. The number of nitrogens with zero attached hydrogens (tertiary/aromatic N) is 2. The Morgan fingerprint density at radius 1 is 1.29 bits per heavy atom.